The standard InChI is InChI=1S/C15H22N4O/c1-18-8-9-20-12(10-18)11-19-14-5-3-2-4-13(14)17-15(19)6-7-16/h2-5,12H,6-11,16H2,1H3. The average molecular weight is 274 g/mol. The zero-order chi connectivity index (χ0) is 13.9. The normalized spacial score (nSPS) is 20.6. The summed E-state index contributed by atoms with van der Waals surface area (Å²) in [4.78, 5) is 7.02. The summed E-state index contributed by atoms with van der Waals surface area (Å²) in [6.07, 6.45) is 1.03. The van der Waals surface area contributed by atoms with Crippen LogP contribution in [0.4, 0.5) is 0 Å². The summed E-state index contributed by atoms with van der Waals surface area (Å²) in [5.41, 5.74) is 7.93. The van der Waals surface area contributed by atoms with E-state index in [-0.39, 0.29) is 6.10 Å². The molecule has 2 N–H and O–H groups in total. The lowest BCUT2D eigenvalue weighted by atomic mass is 10.2. The third kappa shape index (κ3) is 2.70. The minimum Gasteiger partial charge on any atom is -0.374 e. The molecule has 0 aliphatic carbocycles. The molecule has 0 amide bonds. The van der Waals surface area contributed by atoms with Crippen LogP contribution in [0.25, 0.3) is 11.0 Å². The second-order valence-electron chi connectivity index (χ2n) is 5.42. The van der Waals surface area contributed by atoms with Crippen LogP contribution in [-0.2, 0) is 17.7 Å². The molecule has 1 aromatic heterocycles. The Kier molecular flexibility index (Phi) is 4.00. The van der Waals surface area contributed by atoms with Crippen molar-refractivity contribution in [2.24, 2.45) is 5.73 Å². The molecule has 3 rings (SSSR count). The molecule has 1 aromatic carbocycles. The molecule has 0 radical (unpaired) electrons. The third-order valence-electron chi connectivity index (χ3n) is 3.83. The van der Waals surface area contributed by atoms with E-state index in [0.717, 1.165) is 44.0 Å². The van der Waals surface area contributed by atoms with Gasteiger partial charge in [-0.15, -0.1) is 0 Å². The van der Waals surface area contributed by atoms with Crippen molar-refractivity contribution in [1.29, 1.82) is 0 Å². The molecule has 2 heterocycles. The van der Waals surface area contributed by atoms with Gasteiger partial charge in [-0.25, -0.2) is 4.98 Å². The van der Waals surface area contributed by atoms with Crippen molar-refractivity contribution in [1.82, 2.24) is 14.5 Å². The Morgan fingerprint density at radius 1 is 1.40 bits per heavy atom. The largest absolute Gasteiger partial charge is 0.374 e. The molecular weight excluding hydrogens is 252 g/mol. The number of morpholine rings is 1. The fourth-order valence-corrected chi connectivity index (χ4v) is 2.83. The van der Waals surface area contributed by atoms with Crippen LogP contribution >= 0.6 is 0 Å². The molecule has 5 heteroatoms. The van der Waals surface area contributed by atoms with E-state index in [4.69, 9.17) is 15.5 Å². The average Bonchev–Trinajstić information content (AvgIpc) is 2.78. The molecule has 1 aliphatic heterocycles. The lowest BCUT2D eigenvalue weighted by Crippen LogP contribution is -2.42. The Balaban J connectivity index is 1.90. The van der Waals surface area contributed by atoms with E-state index < -0.39 is 0 Å². The van der Waals surface area contributed by atoms with E-state index in [0.29, 0.717) is 6.54 Å². The molecule has 20 heavy (non-hydrogen) atoms. The first-order valence-electron chi connectivity index (χ1n) is 7.22. The van der Waals surface area contributed by atoms with E-state index in [2.05, 4.69) is 34.7 Å². The summed E-state index contributed by atoms with van der Waals surface area (Å²) in [5, 5.41) is 0. The lowest BCUT2D eigenvalue weighted by Gasteiger charge is -2.30. The summed E-state index contributed by atoms with van der Waals surface area (Å²) in [6.45, 7) is 4.25. The molecule has 2 aromatic rings. The van der Waals surface area contributed by atoms with Crippen molar-refractivity contribution >= 4 is 11.0 Å². The number of nitrogens with two attached hydrogens (primary N) is 1. The number of imidazole rings is 1. The van der Waals surface area contributed by atoms with Gasteiger partial charge in [0, 0.05) is 19.5 Å². The van der Waals surface area contributed by atoms with Gasteiger partial charge in [-0.2, -0.15) is 0 Å². The SMILES string of the molecule is CN1CCOC(Cn2c(CCN)nc3ccccc32)C1. The Morgan fingerprint density at radius 2 is 2.25 bits per heavy atom. The predicted octanol–water partition coefficient (Wildman–Crippen LogP) is 0.868. The summed E-state index contributed by atoms with van der Waals surface area (Å²) in [6, 6.07) is 8.26. The number of benzene rings is 1. The molecule has 0 spiro atoms. The van der Waals surface area contributed by atoms with Gasteiger partial charge in [-0.05, 0) is 25.7 Å². The second kappa shape index (κ2) is 5.91. The molecule has 1 saturated heterocycles. The summed E-state index contributed by atoms with van der Waals surface area (Å²) >= 11 is 0. The van der Waals surface area contributed by atoms with Crippen LogP contribution in [0.15, 0.2) is 24.3 Å². The van der Waals surface area contributed by atoms with Crippen LogP contribution in [-0.4, -0.2) is 53.8 Å². The molecule has 1 aliphatic rings. The molecule has 1 unspecified atom stereocenters. The number of nitrogens with zero attached hydrogens (tertiary/aromatic N) is 3. The van der Waals surface area contributed by atoms with Crippen molar-refractivity contribution in [3.8, 4) is 0 Å². The Morgan fingerprint density at radius 3 is 3.05 bits per heavy atom. The van der Waals surface area contributed by atoms with Crippen molar-refractivity contribution < 1.29 is 4.74 Å². The molecular formula is C15H22N4O. The summed E-state index contributed by atoms with van der Waals surface area (Å²) in [5.74, 6) is 1.06. The van der Waals surface area contributed by atoms with Gasteiger partial charge in [0.1, 0.15) is 5.82 Å². The van der Waals surface area contributed by atoms with Gasteiger partial charge in [0.2, 0.25) is 0 Å². The van der Waals surface area contributed by atoms with Gasteiger partial charge in [0.15, 0.2) is 0 Å². The molecule has 108 valence electrons. The van der Waals surface area contributed by atoms with Crippen LogP contribution in [0.1, 0.15) is 5.82 Å². The Hall–Kier alpha value is -1.43. The van der Waals surface area contributed by atoms with Crippen LogP contribution in [0.3, 0.4) is 0 Å². The van der Waals surface area contributed by atoms with Crippen molar-refractivity contribution in [2.75, 3.05) is 33.3 Å². The lowest BCUT2D eigenvalue weighted by molar-refractivity contribution is -0.0272. The van der Waals surface area contributed by atoms with Crippen LogP contribution in [0.5, 0.6) is 0 Å². The van der Waals surface area contributed by atoms with Crippen LogP contribution in [0, 0.1) is 0 Å². The van der Waals surface area contributed by atoms with Gasteiger partial charge < -0.3 is 19.9 Å². The van der Waals surface area contributed by atoms with E-state index in [1.165, 1.54) is 5.52 Å². The minimum atomic E-state index is 0.225. The van der Waals surface area contributed by atoms with Gasteiger partial charge in [-0.1, -0.05) is 12.1 Å². The monoisotopic (exact) mass is 274 g/mol. The number of hydrogen-bond donors (Lipinski definition) is 1. The summed E-state index contributed by atoms with van der Waals surface area (Å²) in [7, 11) is 2.14. The zero-order valence-electron chi connectivity index (χ0n) is 12.0. The van der Waals surface area contributed by atoms with Gasteiger partial charge in [0.05, 0.1) is 30.3 Å². The highest BCUT2D eigenvalue weighted by molar-refractivity contribution is 5.75. The number of likely N-dealkylation sites (N-methyl/N-ethyl adjacent to an activating group) is 1. The topological polar surface area (TPSA) is 56.3 Å². The quantitative estimate of drug-likeness (QED) is 0.899. The maximum atomic E-state index is 5.88. The Labute approximate surface area is 119 Å². The predicted molar refractivity (Wildman–Crippen MR) is 79.7 cm³/mol. The highest BCUT2D eigenvalue weighted by Crippen LogP contribution is 2.18. The van der Waals surface area contributed by atoms with Crippen LogP contribution < -0.4 is 5.73 Å². The highest BCUT2D eigenvalue weighted by Gasteiger charge is 2.20. The third-order valence-corrected chi connectivity index (χ3v) is 3.83. The van der Waals surface area contributed by atoms with E-state index >= 15 is 0 Å². The molecule has 0 saturated carbocycles. The number of para-hydroxylation sites is 2. The minimum absolute atomic E-state index is 0.225. The summed E-state index contributed by atoms with van der Waals surface area (Å²) < 4.78 is 8.15. The number of fused-ring (bicyclic) bond motifs is 1. The van der Waals surface area contributed by atoms with Crippen LogP contribution in [0.2, 0.25) is 0 Å². The maximum absolute atomic E-state index is 5.88. The molecule has 5 nitrogen and oxygen atoms in total. The van der Waals surface area contributed by atoms with Gasteiger partial charge in [-0.3, -0.25) is 0 Å². The van der Waals surface area contributed by atoms with Gasteiger partial charge >= 0.3 is 0 Å². The number of aromatic nitrogens is 2. The highest BCUT2D eigenvalue weighted by atomic mass is 16.5. The molecule has 1 fully saturated rings. The molecule has 1 atom stereocenters. The number of rotatable bonds is 4. The fraction of sp³-hybridized carbons (Fsp3) is 0.533. The number of hydrogen-bond acceptors (Lipinski definition) is 4. The fourth-order valence-electron chi connectivity index (χ4n) is 2.83. The smallest absolute Gasteiger partial charge is 0.111 e. The van der Waals surface area contributed by atoms with E-state index in [1.807, 2.05) is 6.07 Å². The van der Waals surface area contributed by atoms with E-state index in [1.54, 1.807) is 0 Å². The first-order valence-corrected chi connectivity index (χ1v) is 7.22. The zero-order valence-corrected chi connectivity index (χ0v) is 12.0. The maximum Gasteiger partial charge on any atom is 0.111 e. The first-order chi connectivity index (χ1) is 9.78. The number of ether oxygens (including phenoxy) is 1. The van der Waals surface area contributed by atoms with Crippen molar-refractivity contribution in [3.63, 3.8) is 0 Å². The van der Waals surface area contributed by atoms with Gasteiger partial charge in [0.25, 0.3) is 0 Å². The van der Waals surface area contributed by atoms with E-state index in [9.17, 15) is 0 Å². The van der Waals surface area contributed by atoms with Crippen molar-refractivity contribution in [3.05, 3.63) is 30.1 Å². The second-order valence-corrected chi connectivity index (χ2v) is 5.42. The first kappa shape index (κ1) is 13.5. The Bertz CT molecular complexity index is 580. The molecule has 0 bridgehead atoms. The van der Waals surface area contributed by atoms with Crippen molar-refractivity contribution in [2.45, 2.75) is 19.1 Å².